The van der Waals surface area contributed by atoms with Crippen molar-refractivity contribution in [3.8, 4) is 0 Å². The van der Waals surface area contributed by atoms with E-state index in [2.05, 4.69) is 24.1 Å². The Hall–Kier alpha value is -1.75. The maximum Gasteiger partial charge on any atom is 0.337 e. The Morgan fingerprint density at radius 1 is 1.37 bits per heavy atom. The number of nitrogen functional groups attached to an aromatic ring is 1. The molecular weight excluding hydrogens is 242 g/mol. The molecule has 0 unspecified atom stereocenters. The van der Waals surface area contributed by atoms with E-state index in [1.54, 1.807) is 18.2 Å². The smallest absolute Gasteiger partial charge is 0.337 e. The molecule has 19 heavy (non-hydrogen) atoms. The highest BCUT2D eigenvalue weighted by Gasteiger charge is 2.08. The summed E-state index contributed by atoms with van der Waals surface area (Å²) in [4.78, 5) is 13.3. The Labute approximate surface area is 114 Å². The normalized spacial score (nSPS) is 10.7. The molecule has 0 saturated carbocycles. The number of nitrogens with zero attached hydrogens (tertiary/aromatic N) is 1. The summed E-state index contributed by atoms with van der Waals surface area (Å²) in [6.45, 7) is 8.14. The van der Waals surface area contributed by atoms with E-state index >= 15 is 0 Å². The zero-order valence-corrected chi connectivity index (χ0v) is 11.6. The standard InChI is InChI=1S/C14H23N3O2/c1-3-8-17(4-2)9-7-16-11-5-6-13(15)12(10-11)14(18)19/h5-6,10,16H,3-4,7-9,15H2,1-2H3,(H,18,19). The zero-order chi connectivity index (χ0) is 14.3. The molecule has 0 aliphatic heterocycles. The van der Waals surface area contributed by atoms with Crippen molar-refractivity contribution in [2.24, 2.45) is 0 Å². The molecule has 4 N–H and O–H groups in total. The van der Waals surface area contributed by atoms with E-state index in [9.17, 15) is 4.79 Å². The topological polar surface area (TPSA) is 78.6 Å². The fraction of sp³-hybridized carbons (Fsp3) is 0.500. The monoisotopic (exact) mass is 265 g/mol. The van der Waals surface area contributed by atoms with Crippen LogP contribution in [-0.4, -0.2) is 42.2 Å². The molecule has 0 aliphatic carbocycles. The molecule has 0 saturated heterocycles. The van der Waals surface area contributed by atoms with Gasteiger partial charge in [-0.25, -0.2) is 4.79 Å². The first kappa shape index (κ1) is 15.3. The molecule has 5 nitrogen and oxygen atoms in total. The maximum absolute atomic E-state index is 11.0. The molecule has 1 aromatic carbocycles. The Morgan fingerprint density at radius 3 is 2.68 bits per heavy atom. The third kappa shape index (κ3) is 4.79. The van der Waals surface area contributed by atoms with Crippen LogP contribution in [-0.2, 0) is 0 Å². The van der Waals surface area contributed by atoms with Gasteiger partial charge in [0.05, 0.1) is 5.56 Å². The van der Waals surface area contributed by atoms with Crippen LogP contribution in [0.15, 0.2) is 18.2 Å². The fourth-order valence-electron chi connectivity index (χ4n) is 1.95. The molecule has 5 heteroatoms. The molecule has 0 aliphatic rings. The van der Waals surface area contributed by atoms with Crippen LogP contribution >= 0.6 is 0 Å². The molecular formula is C14H23N3O2. The van der Waals surface area contributed by atoms with Crippen LogP contribution in [0, 0.1) is 0 Å². The van der Waals surface area contributed by atoms with Crippen LogP contribution in [0.2, 0.25) is 0 Å². The first-order chi connectivity index (χ1) is 9.08. The van der Waals surface area contributed by atoms with Crippen LogP contribution < -0.4 is 11.1 Å². The van der Waals surface area contributed by atoms with Crippen LogP contribution in [0.3, 0.4) is 0 Å². The summed E-state index contributed by atoms with van der Waals surface area (Å²) >= 11 is 0. The van der Waals surface area contributed by atoms with Crippen molar-refractivity contribution >= 4 is 17.3 Å². The summed E-state index contributed by atoms with van der Waals surface area (Å²) in [7, 11) is 0. The number of benzene rings is 1. The molecule has 0 heterocycles. The summed E-state index contributed by atoms with van der Waals surface area (Å²) in [6, 6.07) is 5.00. The molecule has 106 valence electrons. The Bertz CT molecular complexity index is 421. The Kier molecular flexibility index (Phi) is 6.15. The average molecular weight is 265 g/mol. The predicted octanol–water partition coefficient (Wildman–Crippen LogP) is 2.11. The van der Waals surface area contributed by atoms with Gasteiger partial charge in [0, 0.05) is 24.5 Å². The largest absolute Gasteiger partial charge is 0.478 e. The maximum atomic E-state index is 11.0. The number of hydrogen-bond acceptors (Lipinski definition) is 4. The molecule has 1 aromatic rings. The summed E-state index contributed by atoms with van der Waals surface area (Å²) in [6.07, 6.45) is 1.14. The summed E-state index contributed by atoms with van der Waals surface area (Å²) in [5, 5.41) is 12.2. The first-order valence-electron chi connectivity index (χ1n) is 6.67. The molecule has 0 fully saturated rings. The molecule has 0 radical (unpaired) electrons. The quantitative estimate of drug-likeness (QED) is 0.627. The number of nitrogens with two attached hydrogens (primary N) is 1. The van der Waals surface area contributed by atoms with E-state index in [0.717, 1.165) is 38.3 Å². The van der Waals surface area contributed by atoms with Crippen molar-refractivity contribution in [1.29, 1.82) is 0 Å². The molecule has 0 bridgehead atoms. The van der Waals surface area contributed by atoms with Gasteiger partial charge in [-0.05, 0) is 37.7 Å². The number of hydrogen-bond donors (Lipinski definition) is 3. The van der Waals surface area contributed by atoms with Crippen molar-refractivity contribution in [2.75, 3.05) is 37.2 Å². The van der Waals surface area contributed by atoms with Gasteiger partial charge in [0.2, 0.25) is 0 Å². The van der Waals surface area contributed by atoms with E-state index in [1.807, 2.05) is 0 Å². The highest BCUT2D eigenvalue weighted by Crippen LogP contribution is 2.17. The van der Waals surface area contributed by atoms with Gasteiger partial charge in [-0.1, -0.05) is 13.8 Å². The minimum Gasteiger partial charge on any atom is -0.478 e. The van der Waals surface area contributed by atoms with Gasteiger partial charge in [0.1, 0.15) is 0 Å². The minimum absolute atomic E-state index is 0.144. The van der Waals surface area contributed by atoms with Crippen molar-refractivity contribution in [1.82, 2.24) is 4.90 Å². The lowest BCUT2D eigenvalue weighted by molar-refractivity contribution is 0.0698. The van der Waals surface area contributed by atoms with Gasteiger partial charge in [-0.3, -0.25) is 0 Å². The molecule has 0 aromatic heterocycles. The van der Waals surface area contributed by atoms with E-state index < -0.39 is 5.97 Å². The Morgan fingerprint density at radius 2 is 2.11 bits per heavy atom. The number of aromatic carboxylic acids is 1. The molecule has 0 amide bonds. The summed E-state index contributed by atoms with van der Waals surface area (Å²) in [5.41, 5.74) is 6.84. The van der Waals surface area contributed by atoms with Crippen molar-refractivity contribution in [3.05, 3.63) is 23.8 Å². The average Bonchev–Trinajstić information content (AvgIpc) is 2.39. The summed E-state index contributed by atoms with van der Waals surface area (Å²) < 4.78 is 0. The van der Waals surface area contributed by atoms with Crippen LogP contribution in [0.1, 0.15) is 30.6 Å². The van der Waals surface area contributed by atoms with E-state index in [1.165, 1.54) is 0 Å². The number of carbonyl (C=O) groups is 1. The molecule has 1 rings (SSSR count). The Balaban J connectivity index is 2.54. The highest BCUT2D eigenvalue weighted by molar-refractivity contribution is 5.94. The summed E-state index contributed by atoms with van der Waals surface area (Å²) in [5.74, 6) is -0.998. The number of anilines is 2. The van der Waals surface area contributed by atoms with Gasteiger partial charge in [-0.2, -0.15) is 0 Å². The van der Waals surface area contributed by atoms with E-state index in [-0.39, 0.29) is 5.56 Å². The third-order valence-electron chi connectivity index (χ3n) is 3.03. The number of carboxylic acid groups (broad SMARTS) is 1. The van der Waals surface area contributed by atoms with Crippen LogP contribution in [0.4, 0.5) is 11.4 Å². The molecule has 0 spiro atoms. The second-order valence-electron chi connectivity index (χ2n) is 4.47. The van der Waals surface area contributed by atoms with Gasteiger partial charge in [0.15, 0.2) is 0 Å². The highest BCUT2D eigenvalue weighted by atomic mass is 16.4. The predicted molar refractivity (Wildman–Crippen MR) is 78.7 cm³/mol. The van der Waals surface area contributed by atoms with Crippen LogP contribution in [0.25, 0.3) is 0 Å². The lowest BCUT2D eigenvalue weighted by Crippen LogP contribution is -2.29. The number of likely N-dealkylation sites (N-methyl/N-ethyl adjacent to an activating group) is 1. The number of rotatable bonds is 8. The minimum atomic E-state index is -0.998. The zero-order valence-electron chi connectivity index (χ0n) is 11.6. The number of nitrogens with one attached hydrogen (secondary N) is 1. The van der Waals surface area contributed by atoms with Crippen molar-refractivity contribution < 1.29 is 9.90 Å². The van der Waals surface area contributed by atoms with Gasteiger partial charge >= 0.3 is 5.97 Å². The van der Waals surface area contributed by atoms with E-state index in [0.29, 0.717) is 5.69 Å². The van der Waals surface area contributed by atoms with Gasteiger partial charge in [0.25, 0.3) is 0 Å². The second kappa shape index (κ2) is 7.63. The van der Waals surface area contributed by atoms with E-state index in [4.69, 9.17) is 10.8 Å². The SMILES string of the molecule is CCCN(CC)CCNc1ccc(N)c(C(=O)O)c1. The first-order valence-corrected chi connectivity index (χ1v) is 6.67. The van der Waals surface area contributed by atoms with Gasteiger partial charge < -0.3 is 21.1 Å². The fourth-order valence-corrected chi connectivity index (χ4v) is 1.95. The number of carboxylic acids is 1. The van der Waals surface area contributed by atoms with Crippen molar-refractivity contribution in [3.63, 3.8) is 0 Å². The lowest BCUT2D eigenvalue weighted by Gasteiger charge is -2.20. The third-order valence-corrected chi connectivity index (χ3v) is 3.03. The second-order valence-corrected chi connectivity index (χ2v) is 4.47. The van der Waals surface area contributed by atoms with Crippen LogP contribution in [0.5, 0.6) is 0 Å². The lowest BCUT2D eigenvalue weighted by atomic mass is 10.1. The molecule has 0 atom stereocenters. The van der Waals surface area contributed by atoms with Gasteiger partial charge in [-0.15, -0.1) is 0 Å². The van der Waals surface area contributed by atoms with Crippen molar-refractivity contribution in [2.45, 2.75) is 20.3 Å².